The highest BCUT2D eigenvalue weighted by Crippen LogP contribution is 2.11. The minimum Gasteiger partial charge on any atom is -0.394 e. The first-order valence-corrected chi connectivity index (χ1v) is 6.86. The van der Waals surface area contributed by atoms with Gasteiger partial charge in [0, 0.05) is 18.7 Å². The molecule has 0 aliphatic rings. The summed E-state index contributed by atoms with van der Waals surface area (Å²) in [5.74, 6) is -0.245. The van der Waals surface area contributed by atoms with Gasteiger partial charge in [-0.1, -0.05) is 6.92 Å². The van der Waals surface area contributed by atoms with Crippen molar-refractivity contribution in [1.82, 2.24) is 0 Å². The molecule has 0 bridgehead atoms. The van der Waals surface area contributed by atoms with Crippen molar-refractivity contribution in [3.8, 4) is 0 Å². The van der Waals surface area contributed by atoms with Gasteiger partial charge >= 0.3 is 0 Å². The second-order valence-electron chi connectivity index (χ2n) is 4.66. The first-order chi connectivity index (χ1) is 9.99. The van der Waals surface area contributed by atoms with Gasteiger partial charge < -0.3 is 30.5 Å². The van der Waals surface area contributed by atoms with Crippen LogP contribution in [0.3, 0.4) is 0 Å². The normalized spacial score (nSPS) is 19.1. The van der Waals surface area contributed by atoms with E-state index in [1.165, 1.54) is 6.92 Å². The molecule has 0 aromatic carbocycles. The Balaban J connectivity index is 4.50. The topological polar surface area (TPSA) is 135 Å². The predicted octanol–water partition coefficient (Wildman–Crippen LogP) is -1.69. The van der Waals surface area contributed by atoms with Crippen LogP contribution in [0.1, 0.15) is 13.8 Å². The van der Waals surface area contributed by atoms with Crippen LogP contribution >= 0.6 is 0 Å². The first-order valence-electron chi connectivity index (χ1n) is 6.86. The van der Waals surface area contributed by atoms with E-state index in [0.717, 1.165) is 0 Å². The van der Waals surface area contributed by atoms with Gasteiger partial charge in [0.05, 0.1) is 32.0 Å². The first kappa shape index (κ1) is 20.1. The summed E-state index contributed by atoms with van der Waals surface area (Å²) in [7, 11) is 0. The predicted molar refractivity (Wildman–Crippen MR) is 77.0 cm³/mol. The lowest BCUT2D eigenvalue weighted by Gasteiger charge is -2.26. The van der Waals surface area contributed by atoms with Gasteiger partial charge in [0.1, 0.15) is 6.10 Å². The highest BCUT2D eigenvalue weighted by Gasteiger charge is 2.24. The molecule has 0 fully saturated rings. The van der Waals surface area contributed by atoms with Gasteiger partial charge in [0.2, 0.25) is 6.29 Å². The maximum atomic E-state index is 11.0. The average molecular weight is 306 g/mol. The SMILES string of the molecule is CC(C=NCCN)C(CO)OC(C=O)OC(C)C(O)CO. The smallest absolute Gasteiger partial charge is 0.215 e. The Kier molecular flexibility index (Phi) is 11.2. The molecule has 5 atom stereocenters. The van der Waals surface area contributed by atoms with Crippen LogP contribution in [0.5, 0.6) is 0 Å². The fourth-order valence-electron chi connectivity index (χ4n) is 1.46. The van der Waals surface area contributed by atoms with Crippen LogP contribution in [0.15, 0.2) is 4.99 Å². The maximum Gasteiger partial charge on any atom is 0.215 e. The van der Waals surface area contributed by atoms with Gasteiger partial charge in [-0.15, -0.1) is 0 Å². The Hall–Kier alpha value is -0.900. The van der Waals surface area contributed by atoms with E-state index >= 15 is 0 Å². The van der Waals surface area contributed by atoms with Crippen molar-refractivity contribution in [3.63, 3.8) is 0 Å². The van der Waals surface area contributed by atoms with Crippen LogP contribution < -0.4 is 5.73 Å². The molecule has 0 spiro atoms. The largest absolute Gasteiger partial charge is 0.394 e. The fourth-order valence-corrected chi connectivity index (χ4v) is 1.46. The summed E-state index contributed by atoms with van der Waals surface area (Å²) in [5, 5.41) is 27.5. The summed E-state index contributed by atoms with van der Waals surface area (Å²) in [4.78, 5) is 15.0. The van der Waals surface area contributed by atoms with Crippen molar-refractivity contribution < 1.29 is 29.6 Å². The van der Waals surface area contributed by atoms with Gasteiger partial charge in [0.25, 0.3) is 0 Å². The summed E-state index contributed by atoms with van der Waals surface area (Å²) in [5.41, 5.74) is 5.32. The third-order valence-corrected chi connectivity index (χ3v) is 2.86. The number of aliphatic hydroxyl groups is 3. The number of rotatable bonds is 12. The van der Waals surface area contributed by atoms with E-state index in [0.29, 0.717) is 19.4 Å². The summed E-state index contributed by atoms with van der Waals surface area (Å²) in [6.07, 6.45) is -1.81. The summed E-state index contributed by atoms with van der Waals surface area (Å²) in [6, 6.07) is 0. The Morgan fingerprint density at radius 3 is 2.38 bits per heavy atom. The number of carbonyl (C=O) groups is 1. The molecule has 0 amide bonds. The van der Waals surface area contributed by atoms with Crippen LogP contribution in [0, 0.1) is 5.92 Å². The molecule has 21 heavy (non-hydrogen) atoms. The maximum absolute atomic E-state index is 11.0. The number of carbonyl (C=O) groups excluding carboxylic acids is 1. The van der Waals surface area contributed by atoms with Crippen LogP contribution in [-0.2, 0) is 14.3 Å². The third kappa shape index (κ3) is 8.20. The Bertz CT molecular complexity index is 302. The zero-order chi connectivity index (χ0) is 16.3. The standard InChI is InChI=1S/C13H26N2O6/c1-9(5-15-4-3-14)12(7-17)21-13(8-18)20-10(2)11(19)6-16/h5,8-13,16-17,19H,3-4,6-7,14H2,1-2H3. The number of hydrogen-bond acceptors (Lipinski definition) is 8. The van der Waals surface area contributed by atoms with E-state index in [1.54, 1.807) is 13.1 Å². The van der Waals surface area contributed by atoms with Crippen LogP contribution in [0.25, 0.3) is 0 Å². The molecule has 0 heterocycles. The van der Waals surface area contributed by atoms with E-state index < -0.39 is 31.2 Å². The van der Waals surface area contributed by atoms with E-state index in [2.05, 4.69) is 4.99 Å². The fraction of sp³-hybridized carbons (Fsp3) is 0.846. The van der Waals surface area contributed by atoms with Crippen LogP contribution in [0.2, 0.25) is 0 Å². The van der Waals surface area contributed by atoms with Crippen molar-refractivity contribution in [2.24, 2.45) is 16.6 Å². The number of aliphatic hydroxyl groups excluding tert-OH is 3. The van der Waals surface area contributed by atoms with Crippen molar-refractivity contribution in [1.29, 1.82) is 0 Å². The van der Waals surface area contributed by atoms with Gasteiger partial charge in [-0.25, -0.2) is 0 Å². The summed E-state index contributed by atoms with van der Waals surface area (Å²) < 4.78 is 10.5. The molecule has 0 aliphatic heterocycles. The molecule has 5 N–H and O–H groups in total. The molecule has 0 radical (unpaired) electrons. The highest BCUT2D eigenvalue weighted by atomic mass is 16.7. The number of nitrogens with two attached hydrogens (primary N) is 1. The molecule has 124 valence electrons. The van der Waals surface area contributed by atoms with E-state index in [-0.39, 0.29) is 12.5 Å². The molecular formula is C13H26N2O6. The quantitative estimate of drug-likeness (QED) is 0.192. The number of aldehydes is 1. The van der Waals surface area contributed by atoms with Crippen LogP contribution in [0.4, 0.5) is 0 Å². The molecule has 0 aromatic heterocycles. The van der Waals surface area contributed by atoms with Crippen molar-refractivity contribution >= 4 is 12.5 Å². The van der Waals surface area contributed by atoms with Gasteiger partial charge in [-0.3, -0.25) is 9.79 Å². The molecule has 0 aromatic rings. The summed E-state index contributed by atoms with van der Waals surface area (Å²) in [6.45, 7) is 3.36. The lowest BCUT2D eigenvalue weighted by atomic mass is 10.1. The van der Waals surface area contributed by atoms with Gasteiger partial charge in [0.15, 0.2) is 6.29 Å². The van der Waals surface area contributed by atoms with E-state index in [1.807, 2.05) is 0 Å². The lowest BCUT2D eigenvalue weighted by molar-refractivity contribution is -0.208. The zero-order valence-corrected chi connectivity index (χ0v) is 12.5. The second-order valence-corrected chi connectivity index (χ2v) is 4.66. The lowest BCUT2D eigenvalue weighted by Crippen LogP contribution is -2.39. The van der Waals surface area contributed by atoms with Crippen molar-refractivity contribution in [2.75, 3.05) is 26.3 Å². The Labute approximate surface area is 124 Å². The number of hydrogen-bond donors (Lipinski definition) is 4. The number of nitrogens with zero attached hydrogens (tertiary/aromatic N) is 1. The van der Waals surface area contributed by atoms with E-state index in [4.69, 9.17) is 20.3 Å². The molecule has 0 rings (SSSR count). The monoisotopic (exact) mass is 306 g/mol. The minimum absolute atomic E-state index is 0.245. The van der Waals surface area contributed by atoms with Crippen LogP contribution in [-0.4, -0.2) is 78.7 Å². The number of aliphatic imine (C=N–C) groups is 1. The Morgan fingerprint density at radius 2 is 1.90 bits per heavy atom. The second kappa shape index (κ2) is 11.7. The molecule has 0 saturated heterocycles. The molecular weight excluding hydrogens is 280 g/mol. The molecule has 5 unspecified atom stereocenters. The van der Waals surface area contributed by atoms with Gasteiger partial charge in [-0.05, 0) is 6.92 Å². The average Bonchev–Trinajstić information content (AvgIpc) is 2.50. The number of ether oxygens (including phenoxy) is 2. The molecule has 8 nitrogen and oxygen atoms in total. The molecule has 0 aliphatic carbocycles. The minimum atomic E-state index is -1.25. The summed E-state index contributed by atoms with van der Waals surface area (Å²) >= 11 is 0. The molecule has 0 saturated carbocycles. The van der Waals surface area contributed by atoms with Crippen molar-refractivity contribution in [2.45, 2.75) is 38.4 Å². The zero-order valence-electron chi connectivity index (χ0n) is 12.5. The highest BCUT2D eigenvalue weighted by molar-refractivity contribution is 5.61. The van der Waals surface area contributed by atoms with Gasteiger partial charge in [-0.2, -0.15) is 0 Å². The van der Waals surface area contributed by atoms with E-state index in [9.17, 15) is 15.0 Å². The Morgan fingerprint density at radius 1 is 1.24 bits per heavy atom. The third-order valence-electron chi connectivity index (χ3n) is 2.86. The van der Waals surface area contributed by atoms with Crippen molar-refractivity contribution in [3.05, 3.63) is 0 Å². The molecule has 8 heteroatoms.